The molecule has 0 amide bonds. The van der Waals surface area contributed by atoms with Gasteiger partial charge in [-0.2, -0.15) is 0 Å². The summed E-state index contributed by atoms with van der Waals surface area (Å²) in [5, 5.41) is 0. The van der Waals surface area contributed by atoms with Crippen LogP contribution in [0.15, 0.2) is 0 Å². The van der Waals surface area contributed by atoms with E-state index in [0.717, 1.165) is 4.48 Å². The summed E-state index contributed by atoms with van der Waals surface area (Å²) in [5.74, 6) is 0. The van der Waals surface area contributed by atoms with Crippen LogP contribution in [0.25, 0.3) is 0 Å². The van der Waals surface area contributed by atoms with E-state index in [0.29, 0.717) is 0 Å². The number of likely N-dealkylation sites (tertiary alicyclic amines) is 1. The Hall–Kier alpha value is 1.38. The van der Waals surface area contributed by atoms with Gasteiger partial charge >= 0.3 is 0 Å². The largest absolute Gasteiger partial charge is 1.00 e. The molecule has 19 heavy (non-hydrogen) atoms. The topological polar surface area (TPSA) is 0 Å². The van der Waals surface area contributed by atoms with E-state index < -0.39 is 0 Å². The zero-order valence-electron chi connectivity index (χ0n) is 13.4. The Balaban J connectivity index is 0. The van der Waals surface area contributed by atoms with Gasteiger partial charge in [-0.15, -0.1) is 0 Å². The number of nitrogens with zero attached hydrogens (tertiary/aromatic N) is 2. The van der Waals surface area contributed by atoms with Crippen molar-refractivity contribution in [3.63, 3.8) is 0 Å². The van der Waals surface area contributed by atoms with Gasteiger partial charge in [-0.05, 0) is 25.7 Å². The fourth-order valence-corrected chi connectivity index (χ4v) is 2.93. The molecule has 0 radical (unpaired) electrons. The monoisotopic (exact) mass is 496 g/mol. The highest BCUT2D eigenvalue weighted by molar-refractivity contribution is 4.52. The van der Waals surface area contributed by atoms with Crippen molar-refractivity contribution in [2.75, 3.05) is 54.4 Å². The molecular formula is C15H34I2N2. The quantitative estimate of drug-likeness (QED) is 0.190. The minimum Gasteiger partial charge on any atom is -1.00 e. The summed E-state index contributed by atoms with van der Waals surface area (Å²) < 4.78 is 2.48. The van der Waals surface area contributed by atoms with Crippen LogP contribution in [0.2, 0.25) is 0 Å². The van der Waals surface area contributed by atoms with Crippen molar-refractivity contribution in [2.24, 2.45) is 0 Å². The first-order valence-electron chi connectivity index (χ1n) is 7.55. The van der Waals surface area contributed by atoms with Gasteiger partial charge < -0.3 is 56.9 Å². The van der Waals surface area contributed by atoms with E-state index in [1.54, 1.807) is 0 Å². The van der Waals surface area contributed by atoms with Crippen molar-refractivity contribution in [1.29, 1.82) is 0 Å². The first-order valence-corrected chi connectivity index (χ1v) is 7.55. The van der Waals surface area contributed by atoms with Crippen LogP contribution in [0, 0.1) is 0 Å². The maximum Gasteiger partial charge on any atom is 0.0786 e. The van der Waals surface area contributed by atoms with Crippen LogP contribution >= 0.6 is 0 Å². The van der Waals surface area contributed by atoms with Gasteiger partial charge in [0.2, 0.25) is 0 Å². The molecule has 0 aromatic rings. The average molecular weight is 496 g/mol. The van der Waals surface area contributed by atoms with Crippen LogP contribution in [0.4, 0.5) is 0 Å². The van der Waals surface area contributed by atoms with E-state index in [-0.39, 0.29) is 48.0 Å². The summed E-state index contributed by atoms with van der Waals surface area (Å²) >= 11 is 0. The van der Waals surface area contributed by atoms with E-state index in [1.165, 1.54) is 75.6 Å². The number of hydrogen-bond donors (Lipinski definition) is 0. The molecule has 0 atom stereocenters. The highest BCUT2D eigenvalue weighted by Gasteiger charge is 2.25. The molecule has 0 spiro atoms. The van der Waals surface area contributed by atoms with Crippen LogP contribution in [-0.2, 0) is 0 Å². The van der Waals surface area contributed by atoms with Crippen LogP contribution < -0.4 is 48.0 Å². The van der Waals surface area contributed by atoms with Crippen molar-refractivity contribution in [2.45, 2.75) is 44.9 Å². The van der Waals surface area contributed by atoms with Crippen LogP contribution in [0.5, 0.6) is 0 Å². The summed E-state index contributed by atoms with van der Waals surface area (Å²) in [6, 6.07) is 0. The maximum atomic E-state index is 2.45. The van der Waals surface area contributed by atoms with Gasteiger partial charge in [-0.25, -0.2) is 0 Å². The molecule has 0 bridgehead atoms. The molecule has 1 aliphatic rings. The van der Waals surface area contributed by atoms with E-state index >= 15 is 0 Å². The van der Waals surface area contributed by atoms with E-state index in [1.807, 2.05) is 0 Å². The van der Waals surface area contributed by atoms with Crippen molar-refractivity contribution < 1.29 is 56.9 Å². The summed E-state index contributed by atoms with van der Waals surface area (Å²) in [7, 11) is 9.32. The van der Waals surface area contributed by atoms with E-state index in [2.05, 4.69) is 28.2 Å². The number of halogens is 2. The minimum absolute atomic E-state index is 0. The second-order valence-corrected chi connectivity index (χ2v) is 7.28. The van der Waals surface area contributed by atoms with Gasteiger partial charge in [-0.1, -0.05) is 6.42 Å². The molecule has 0 saturated carbocycles. The minimum atomic E-state index is 0. The predicted octanol–water partition coefficient (Wildman–Crippen LogP) is -3.11. The molecule has 1 heterocycles. The predicted molar refractivity (Wildman–Crippen MR) is 76.0 cm³/mol. The second-order valence-electron chi connectivity index (χ2n) is 7.28. The normalized spacial score (nSPS) is 17.7. The molecule has 118 valence electrons. The van der Waals surface area contributed by atoms with Gasteiger partial charge in [-0.3, -0.25) is 0 Å². The van der Waals surface area contributed by atoms with Gasteiger partial charge in [0.1, 0.15) is 0 Å². The SMILES string of the molecule is C[N+](C)(C)CCCCCCC[N+]1(C)CCCC1.[I-].[I-]. The molecule has 0 N–H and O–H groups in total. The standard InChI is InChI=1S/C15H34N2.2HI/c1-16(2,3)12-8-6-5-7-9-13-17(4)14-10-11-15-17;;/h5-15H2,1-4H3;2*1H/q+2;;/p-2. The lowest BCUT2D eigenvalue weighted by Crippen LogP contribution is -3.00. The summed E-state index contributed by atoms with van der Waals surface area (Å²) in [6.45, 7) is 5.62. The summed E-state index contributed by atoms with van der Waals surface area (Å²) in [4.78, 5) is 0. The van der Waals surface area contributed by atoms with Crippen molar-refractivity contribution in [1.82, 2.24) is 0 Å². The highest BCUT2D eigenvalue weighted by Crippen LogP contribution is 2.18. The van der Waals surface area contributed by atoms with Crippen molar-refractivity contribution in [3.05, 3.63) is 0 Å². The van der Waals surface area contributed by atoms with Gasteiger partial charge in [0.05, 0.1) is 54.4 Å². The lowest BCUT2D eigenvalue weighted by Gasteiger charge is -2.29. The Bertz CT molecular complexity index is 209. The molecule has 1 saturated heterocycles. The maximum absolute atomic E-state index is 2.45. The third kappa shape index (κ3) is 11.7. The Morgan fingerprint density at radius 1 is 0.789 bits per heavy atom. The number of quaternary nitrogens is 2. The Morgan fingerprint density at radius 2 is 1.26 bits per heavy atom. The molecule has 4 heteroatoms. The van der Waals surface area contributed by atoms with Crippen molar-refractivity contribution in [3.8, 4) is 0 Å². The molecule has 2 nitrogen and oxygen atoms in total. The van der Waals surface area contributed by atoms with Crippen LogP contribution in [-0.4, -0.2) is 63.3 Å². The van der Waals surface area contributed by atoms with E-state index in [9.17, 15) is 0 Å². The Kier molecular flexibility index (Phi) is 13.1. The zero-order chi connectivity index (χ0) is 12.8. The molecule has 0 unspecified atom stereocenters. The molecule has 1 fully saturated rings. The van der Waals surface area contributed by atoms with Crippen LogP contribution in [0.1, 0.15) is 44.9 Å². The third-order valence-corrected chi connectivity index (χ3v) is 4.17. The molecule has 1 aliphatic heterocycles. The van der Waals surface area contributed by atoms with Crippen molar-refractivity contribution >= 4 is 0 Å². The third-order valence-electron chi connectivity index (χ3n) is 4.17. The Labute approximate surface area is 155 Å². The highest BCUT2D eigenvalue weighted by atomic mass is 127. The second kappa shape index (κ2) is 11.0. The zero-order valence-corrected chi connectivity index (χ0v) is 17.7. The van der Waals surface area contributed by atoms with Crippen LogP contribution in [0.3, 0.4) is 0 Å². The summed E-state index contributed by atoms with van der Waals surface area (Å²) in [6.07, 6.45) is 10.1. The first kappa shape index (κ1) is 22.7. The number of rotatable bonds is 8. The average Bonchev–Trinajstić information content (AvgIpc) is 2.62. The smallest absolute Gasteiger partial charge is 0.0786 e. The molecule has 0 aromatic heterocycles. The lowest BCUT2D eigenvalue weighted by molar-refractivity contribution is -0.897. The molecule has 0 aromatic carbocycles. The first-order chi connectivity index (χ1) is 7.91. The number of hydrogen-bond acceptors (Lipinski definition) is 0. The molecule has 1 rings (SSSR count). The molecular weight excluding hydrogens is 462 g/mol. The van der Waals surface area contributed by atoms with Gasteiger partial charge in [0.25, 0.3) is 0 Å². The summed E-state index contributed by atoms with van der Waals surface area (Å²) in [5.41, 5.74) is 0. The van der Waals surface area contributed by atoms with Gasteiger partial charge in [0, 0.05) is 12.8 Å². The fraction of sp³-hybridized carbons (Fsp3) is 1.00. The fourth-order valence-electron chi connectivity index (χ4n) is 2.93. The number of unbranched alkanes of at least 4 members (excludes halogenated alkanes) is 4. The lowest BCUT2D eigenvalue weighted by atomic mass is 10.1. The van der Waals surface area contributed by atoms with E-state index in [4.69, 9.17) is 0 Å². The van der Waals surface area contributed by atoms with Gasteiger partial charge in [0.15, 0.2) is 0 Å². The molecule has 0 aliphatic carbocycles. The Morgan fingerprint density at radius 3 is 1.79 bits per heavy atom.